The first kappa shape index (κ1) is 22.1. The van der Waals surface area contributed by atoms with Crippen LogP contribution in [0.1, 0.15) is 51.4 Å². The molecule has 29 heavy (non-hydrogen) atoms. The van der Waals surface area contributed by atoms with Gasteiger partial charge in [-0.25, -0.2) is 17.5 Å². The molecule has 1 saturated heterocycles. The SMILES string of the molecule is O=C(C[C@@H]1CC[C@H](NS(=O)(=O)c2ccc(F)cc2)[C@@H](CO)O1)NC1CCCCC1. The van der Waals surface area contributed by atoms with E-state index in [0.717, 1.165) is 37.8 Å². The molecular formula is C20H29FN2O5S. The van der Waals surface area contributed by atoms with Crippen LogP contribution in [-0.4, -0.2) is 50.3 Å². The summed E-state index contributed by atoms with van der Waals surface area (Å²) in [5.74, 6) is -0.587. The third-order valence-corrected chi connectivity index (χ3v) is 7.12. The summed E-state index contributed by atoms with van der Waals surface area (Å²) in [5.41, 5.74) is 0. The van der Waals surface area contributed by atoms with Crippen LogP contribution < -0.4 is 10.0 Å². The van der Waals surface area contributed by atoms with Crippen molar-refractivity contribution in [3.05, 3.63) is 30.1 Å². The predicted molar refractivity (Wildman–Crippen MR) is 105 cm³/mol. The van der Waals surface area contributed by atoms with Gasteiger partial charge < -0.3 is 15.2 Å². The van der Waals surface area contributed by atoms with Gasteiger partial charge in [-0.1, -0.05) is 19.3 Å². The first-order chi connectivity index (χ1) is 13.9. The molecule has 3 atom stereocenters. The number of hydrogen-bond donors (Lipinski definition) is 3. The van der Waals surface area contributed by atoms with Crippen LogP contribution in [0.2, 0.25) is 0 Å². The van der Waals surface area contributed by atoms with Gasteiger partial charge >= 0.3 is 0 Å². The van der Waals surface area contributed by atoms with E-state index in [1.807, 2.05) is 0 Å². The highest BCUT2D eigenvalue weighted by atomic mass is 32.2. The highest BCUT2D eigenvalue weighted by Crippen LogP contribution is 2.24. The number of sulfonamides is 1. The molecule has 0 radical (unpaired) electrons. The van der Waals surface area contributed by atoms with Crippen molar-refractivity contribution >= 4 is 15.9 Å². The first-order valence-corrected chi connectivity index (χ1v) is 11.7. The van der Waals surface area contributed by atoms with Crippen molar-refractivity contribution in [2.24, 2.45) is 0 Å². The van der Waals surface area contributed by atoms with Gasteiger partial charge in [0.25, 0.3) is 0 Å². The molecule has 1 heterocycles. The maximum atomic E-state index is 13.0. The monoisotopic (exact) mass is 428 g/mol. The summed E-state index contributed by atoms with van der Waals surface area (Å²) in [4.78, 5) is 12.3. The van der Waals surface area contributed by atoms with E-state index >= 15 is 0 Å². The van der Waals surface area contributed by atoms with Crippen LogP contribution in [0.4, 0.5) is 4.39 Å². The van der Waals surface area contributed by atoms with Crippen LogP contribution in [0.5, 0.6) is 0 Å². The molecule has 1 saturated carbocycles. The number of carbonyl (C=O) groups excluding carboxylic acids is 1. The van der Waals surface area contributed by atoms with E-state index in [1.165, 1.54) is 18.6 Å². The topological polar surface area (TPSA) is 105 Å². The fourth-order valence-electron chi connectivity index (χ4n) is 4.04. The van der Waals surface area contributed by atoms with E-state index in [9.17, 15) is 22.7 Å². The molecule has 1 aliphatic heterocycles. The number of carbonyl (C=O) groups is 1. The first-order valence-electron chi connectivity index (χ1n) is 10.2. The molecule has 9 heteroatoms. The van der Waals surface area contributed by atoms with Crippen molar-refractivity contribution in [3.63, 3.8) is 0 Å². The lowest BCUT2D eigenvalue weighted by molar-refractivity contribution is -0.131. The normalized spacial score (nSPS) is 26.2. The van der Waals surface area contributed by atoms with Gasteiger partial charge in [0.15, 0.2) is 0 Å². The predicted octanol–water partition coefficient (Wildman–Crippen LogP) is 1.85. The summed E-state index contributed by atoms with van der Waals surface area (Å²) in [6.45, 7) is -0.364. The molecule has 1 aromatic carbocycles. The number of halogens is 1. The zero-order valence-corrected chi connectivity index (χ0v) is 17.2. The molecule has 2 fully saturated rings. The minimum Gasteiger partial charge on any atom is -0.394 e. The molecule has 3 rings (SSSR count). The van der Waals surface area contributed by atoms with Gasteiger partial charge in [0.1, 0.15) is 5.82 Å². The van der Waals surface area contributed by atoms with Crippen LogP contribution in [0, 0.1) is 5.82 Å². The summed E-state index contributed by atoms with van der Waals surface area (Å²) in [5, 5.41) is 12.7. The van der Waals surface area contributed by atoms with Crippen molar-refractivity contribution in [1.29, 1.82) is 0 Å². The molecule has 2 aliphatic rings. The number of ether oxygens (including phenoxy) is 1. The third-order valence-electron chi connectivity index (χ3n) is 5.61. The molecule has 7 nitrogen and oxygen atoms in total. The van der Waals surface area contributed by atoms with Crippen molar-refractivity contribution in [1.82, 2.24) is 10.0 Å². The zero-order chi connectivity index (χ0) is 20.9. The number of aliphatic hydroxyl groups is 1. The second-order valence-corrected chi connectivity index (χ2v) is 9.56. The molecule has 1 amide bonds. The Bertz CT molecular complexity index is 781. The van der Waals surface area contributed by atoms with Crippen molar-refractivity contribution in [2.45, 2.75) is 80.6 Å². The van der Waals surface area contributed by atoms with Gasteiger partial charge in [0.2, 0.25) is 15.9 Å². The van der Waals surface area contributed by atoms with Gasteiger partial charge in [0, 0.05) is 6.04 Å². The lowest BCUT2D eigenvalue weighted by atomic mass is 9.94. The Labute approximate surface area is 171 Å². The summed E-state index contributed by atoms with van der Waals surface area (Å²) in [6.07, 6.45) is 5.52. The van der Waals surface area contributed by atoms with Crippen molar-refractivity contribution < 1.29 is 27.4 Å². The summed E-state index contributed by atoms with van der Waals surface area (Å²) >= 11 is 0. The lowest BCUT2D eigenvalue weighted by Crippen LogP contribution is -2.51. The Balaban J connectivity index is 1.53. The zero-order valence-electron chi connectivity index (χ0n) is 16.3. The second kappa shape index (κ2) is 9.97. The maximum absolute atomic E-state index is 13.0. The highest BCUT2D eigenvalue weighted by Gasteiger charge is 2.35. The van der Waals surface area contributed by atoms with Gasteiger partial charge in [-0.15, -0.1) is 0 Å². The summed E-state index contributed by atoms with van der Waals surface area (Å²) < 4.78 is 46.4. The molecule has 1 aromatic rings. The van der Waals surface area contributed by atoms with Crippen molar-refractivity contribution in [3.8, 4) is 0 Å². The van der Waals surface area contributed by atoms with E-state index in [2.05, 4.69) is 10.0 Å². The largest absolute Gasteiger partial charge is 0.394 e. The molecule has 0 unspecified atom stereocenters. The standard InChI is InChI=1S/C20H29FN2O5S/c21-14-6-9-17(10-7-14)29(26,27)23-18-11-8-16(28-19(18)13-24)12-20(25)22-15-4-2-1-3-5-15/h6-7,9-10,15-16,18-19,23-24H,1-5,8,11-13H2,(H,22,25)/t16-,18-,19+/m0/s1. The Kier molecular flexibility index (Phi) is 7.61. The van der Waals surface area contributed by atoms with E-state index < -0.39 is 28.0 Å². The van der Waals surface area contributed by atoms with E-state index in [0.29, 0.717) is 12.8 Å². The lowest BCUT2D eigenvalue weighted by Gasteiger charge is -2.36. The van der Waals surface area contributed by atoms with Gasteiger partial charge in [0.05, 0.1) is 36.2 Å². The van der Waals surface area contributed by atoms with Crippen LogP contribution >= 0.6 is 0 Å². The van der Waals surface area contributed by atoms with Gasteiger partial charge in [-0.3, -0.25) is 4.79 Å². The molecular weight excluding hydrogens is 399 g/mol. The van der Waals surface area contributed by atoms with Gasteiger partial charge in [-0.05, 0) is 49.9 Å². The smallest absolute Gasteiger partial charge is 0.240 e. The van der Waals surface area contributed by atoms with Crippen LogP contribution in [0.15, 0.2) is 29.2 Å². The number of benzene rings is 1. The molecule has 0 spiro atoms. The number of rotatable bonds is 7. The molecule has 0 bridgehead atoms. The Morgan fingerprint density at radius 2 is 1.79 bits per heavy atom. The molecule has 0 aromatic heterocycles. The highest BCUT2D eigenvalue weighted by molar-refractivity contribution is 7.89. The van der Waals surface area contributed by atoms with E-state index in [1.54, 1.807) is 0 Å². The van der Waals surface area contributed by atoms with Gasteiger partial charge in [-0.2, -0.15) is 0 Å². The van der Waals surface area contributed by atoms with Crippen LogP contribution in [-0.2, 0) is 19.6 Å². The number of nitrogens with one attached hydrogen (secondary N) is 2. The van der Waals surface area contributed by atoms with Crippen LogP contribution in [0.25, 0.3) is 0 Å². The van der Waals surface area contributed by atoms with E-state index in [4.69, 9.17) is 4.74 Å². The quantitative estimate of drug-likeness (QED) is 0.615. The average Bonchev–Trinajstić information content (AvgIpc) is 2.70. The number of amides is 1. The second-order valence-electron chi connectivity index (χ2n) is 7.84. The summed E-state index contributed by atoms with van der Waals surface area (Å²) in [6, 6.07) is 4.14. The molecule has 1 aliphatic carbocycles. The van der Waals surface area contributed by atoms with Crippen LogP contribution in [0.3, 0.4) is 0 Å². The molecule has 3 N–H and O–H groups in total. The Hall–Kier alpha value is -1.55. The Morgan fingerprint density at radius 3 is 2.45 bits per heavy atom. The fraction of sp³-hybridized carbons (Fsp3) is 0.650. The third kappa shape index (κ3) is 6.21. The molecule has 162 valence electrons. The van der Waals surface area contributed by atoms with Crippen molar-refractivity contribution in [2.75, 3.05) is 6.61 Å². The average molecular weight is 429 g/mol. The number of aliphatic hydroxyl groups excluding tert-OH is 1. The summed E-state index contributed by atoms with van der Waals surface area (Å²) in [7, 11) is -3.87. The number of hydrogen-bond acceptors (Lipinski definition) is 5. The maximum Gasteiger partial charge on any atom is 0.240 e. The fourth-order valence-corrected chi connectivity index (χ4v) is 5.34. The Morgan fingerprint density at radius 1 is 1.10 bits per heavy atom. The minimum absolute atomic E-state index is 0.0513. The van der Waals surface area contributed by atoms with E-state index in [-0.39, 0.29) is 36.0 Å². The minimum atomic E-state index is -3.87.